The first kappa shape index (κ1) is 15.4. The lowest BCUT2D eigenvalue weighted by Crippen LogP contribution is -2.28. The van der Waals surface area contributed by atoms with Crippen molar-refractivity contribution in [2.24, 2.45) is 0 Å². The maximum Gasteiger partial charge on any atom is 0.325 e. The monoisotopic (exact) mass is 309 g/mol. The molecule has 0 heterocycles. The van der Waals surface area contributed by atoms with Gasteiger partial charge in [-0.2, -0.15) is 0 Å². The second-order valence-corrected chi connectivity index (χ2v) is 5.91. The number of ether oxygens (including phenoxy) is 1. The number of hydrogen-bond donors (Lipinski definition) is 1. The van der Waals surface area contributed by atoms with Gasteiger partial charge >= 0.3 is 5.97 Å². The highest BCUT2D eigenvalue weighted by molar-refractivity contribution is 6.44. The highest BCUT2D eigenvalue weighted by atomic mass is 35.5. The van der Waals surface area contributed by atoms with Crippen LogP contribution in [0.4, 0.5) is 5.69 Å². The van der Waals surface area contributed by atoms with Crippen LogP contribution in [0.3, 0.4) is 0 Å². The van der Waals surface area contributed by atoms with Gasteiger partial charge in [0.15, 0.2) is 0 Å². The van der Waals surface area contributed by atoms with Crippen LogP contribution in [-0.2, 0) is 9.53 Å². The normalized spacial score (nSPS) is 11.2. The topological polar surface area (TPSA) is 38.3 Å². The van der Waals surface area contributed by atoms with Gasteiger partial charge in [-0.1, -0.05) is 34.8 Å². The van der Waals surface area contributed by atoms with Crippen LogP contribution in [-0.4, -0.2) is 18.1 Å². The van der Waals surface area contributed by atoms with E-state index in [9.17, 15) is 4.79 Å². The van der Waals surface area contributed by atoms with Gasteiger partial charge in [0, 0.05) is 0 Å². The maximum absolute atomic E-state index is 11.5. The fourth-order valence-electron chi connectivity index (χ4n) is 1.20. The predicted molar refractivity (Wildman–Crippen MR) is 75.8 cm³/mol. The van der Waals surface area contributed by atoms with E-state index in [-0.39, 0.29) is 12.5 Å². The quantitative estimate of drug-likeness (QED) is 0.664. The Morgan fingerprint density at radius 2 is 1.72 bits per heavy atom. The van der Waals surface area contributed by atoms with Crippen molar-refractivity contribution in [3.63, 3.8) is 0 Å². The molecule has 0 bridgehead atoms. The van der Waals surface area contributed by atoms with Gasteiger partial charge in [-0.25, -0.2) is 0 Å². The number of benzene rings is 1. The summed E-state index contributed by atoms with van der Waals surface area (Å²) >= 11 is 17.6. The summed E-state index contributed by atoms with van der Waals surface area (Å²) < 4.78 is 5.15. The molecule has 0 aliphatic rings. The summed E-state index contributed by atoms with van der Waals surface area (Å²) in [5.41, 5.74) is 0.0251. The third-order valence-corrected chi connectivity index (χ3v) is 2.89. The van der Waals surface area contributed by atoms with E-state index in [1.807, 2.05) is 0 Å². The van der Waals surface area contributed by atoms with Crippen molar-refractivity contribution in [3.8, 4) is 0 Å². The van der Waals surface area contributed by atoms with E-state index >= 15 is 0 Å². The highest BCUT2D eigenvalue weighted by Crippen LogP contribution is 2.32. The fourth-order valence-corrected chi connectivity index (χ4v) is 1.82. The molecule has 0 atom stereocenters. The summed E-state index contributed by atoms with van der Waals surface area (Å²) in [4.78, 5) is 11.5. The molecular formula is C12H14Cl3NO2. The molecule has 0 radical (unpaired) electrons. The van der Waals surface area contributed by atoms with Crippen molar-refractivity contribution < 1.29 is 9.53 Å². The van der Waals surface area contributed by atoms with Crippen LogP contribution in [0, 0.1) is 0 Å². The molecule has 3 nitrogen and oxygen atoms in total. The number of halogens is 3. The summed E-state index contributed by atoms with van der Waals surface area (Å²) in [7, 11) is 0. The van der Waals surface area contributed by atoms with E-state index in [4.69, 9.17) is 39.5 Å². The largest absolute Gasteiger partial charge is 0.459 e. The molecule has 0 unspecified atom stereocenters. The average Bonchev–Trinajstić information content (AvgIpc) is 2.19. The van der Waals surface area contributed by atoms with E-state index in [2.05, 4.69) is 5.32 Å². The van der Waals surface area contributed by atoms with E-state index in [0.717, 1.165) is 0 Å². The highest BCUT2D eigenvalue weighted by Gasteiger charge is 2.16. The number of nitrogens with one attached hydrogen (secondary N) is 1. The number of esters is 1. The van der Waals surface area contributed by atoms with Crippen molar-refractivity contribution in [1.82, 2.24) is 0 Å². The van der Waals surface area contributed by atoms with Gasteiger partial charge in [0.05, 0.1) is 20.8 Å². The lowest BCUT2D eigenvalue weighted by molar-refractivity contribution is -0.152. The summed E-state index contributed by atoms with van der Waals surface area (Å²) in [6, 6.07) is 3.08. The molecule has 0 spiro atoms. The third-order valence-electron chi connectivity index (χ3n) is 1.85. The molecule has 0 fully saturated rings. The minimum absolute atomic E-state index is 0.00888. The lowest BCUT2D eigenvalue weighted by atomic mass is 10.2. The third kappa shape index (κ3) is 4.92. The number of anilines is 1. The molecule has 100 valence electrons. The minimum Gasteiger partial charge on any atom is -0.459 e. The van der Waals surface area contributed by atoms with Gasteiger partial charge in [0.2, 0.25) is 0 Å². The van der Waals surface area contributed by atoms with Crippen molar-refractivity contribution in [3.05, 3.63) is 27.2 Å². The van der Waals surface area contributed by atoms with Gasteiger partial charge in [0.25, 0.3) is 0 Å². The van der Waals surface area contributed by atoms with Crippen LogP contribution in [0.2, 0.25) is 15.1 Å². The van der Waals surface area contributed by atoms with Gasteiger partial charge in [-0.15, -0.1) is 0 Å². The molecular weight excluding hydrogens is 296 g/mol. The van der Waals surface area contributed by atoms with Gasteiger partial charge in [-0.05, 0) is 32.9 Å². The first-order valence-electron chi connectivity index (χ1n) is 5.29. The Bertz CT molecular complexity index is 455. The first-order chi connectivity index (χ1) is 8.19. The Morgan fingerprint density at radius 3 is 2.28 bits per heavy atom. The first-order valence-corrected chi connectivity index (χ1v) is 6.43. The molecule has 0 amide bonds. The zero-order valence-electron chi connectivity index (χ0n) is 10.3. The second kappa shape index (κ2) is 6.00. The SMILES string of the molecule is CC(C)(C)OC(=O)CNc1cc(Cl)c(Cl)cc1Cl. The van der Waals surface area contributed by atoms with Gasteiger partial charge in [-0.3, -0.25) is 4.79 Å². The summed E-state index contributed by atoms with van der Waals surface area (Å²) in [6.07, 6.45) is 0. The number of rotatable bonds is 3. The average molecular weight is 311 g/mol. The van der Waals surface area contributed by atoms with Gasteiger partial charge < -0.3 is 10.1 Å². The van der Waals surface area contributed by atoms with E-state index in [1.165, 1.54) is 6.07 Å². The minimum atomic E-state index is -0.514. The Balaban J connectivity index is 2.64. The number of hydrogen-bond acceptors (Lipinski definition) is 3. The molecule has 0 aliphatic heterocycles. The molecule has 0 aliphatic carbocycles. The summed E-state index contributed by atoms with van der Waals surface area (Å²) in [5.74, 6) is -0.371. The Hall–Kier alpha value is -0.640. The van der Waals surface area contributed by atoms with Crippen LogP contribution in [0.25, 0.3) is 0 Å². The fraction of sp³-hybridized carbons (Fsp3) is 0.417. The van der Waals surface area contributed by atoms with Crippen molar-refractivity contribution in [2.75, 3.05) is 11.9 Å². The Labute approximate surface area is 121 Å². The van der Waals surface area contributed by atoms with Gasteiger partial charge in [0.1, 0.15) is 12.1 Å². The standard InChI is InChI=1S/C12H14Cl3NO2/c1-12(2,3)18-11(17)6-16-10-5-8(14)7(13)4-9(10)15/h4-5,16H,6H2,1-3H3. The maximum atomic E-state index is 11.5. The van der Waals surface area contributed by atoms with Crippen LogP contribution in [0.15, 0.2) is 12.1 Å². The predicted octanol–water partition coefficient (Wildman–Crippen LogP) is 4.40. The second-order valence-electron chi connectivity index (χ2n) is 4.69. The summed E-state index contributed by atoms with van der Waals surface area (Å²) in [6.45, 7) is 5.42. The van der Waals surface area contributed by atoms with Crippen molar-refractivity contribution in [2.45, 2.75) is 26.4 Å². The van der Waals surface area contributed by atoms with Crippen LogP contribution in [0.5, 0.6) is 0 Å². The molecule has 18 heavy (non-hydrogen) atoms. The Kier molecular flexibility index (Phi) is 5.14. The number of carbonyl (C=O) groups is 1. The molecule has 1 aromatic carbocycles. The molecule has 1 N–H and O–H groups in total. The molecule has 1 aromatic rings. The van der Waals surface area contributed by atoms with Crippen LogP contribution >= 0.6 is 34.8 Å². The van der Waals surface area contributed by atoms with Crippen molar-refractivity contribution >= 4 is 46.5 Å². The summed E-state index contributed by atoms with van der Waals surface area (Å²) in [5, 5.41) is 3.98. The van der Waals surface area contributed by atoms with E-state index < -0.39 is 5.60 Å². The van der Waals surface area contributed by atoms with Crippen molar-refractivity contribution in [1.29, 1.82) is 0 Å². The van der Waals surface area contributed by atoms with E-state index in [0.29, 0.717) is 20.8 Å². The molecule has 0 saturated heterocycles. The molecule has 6 heteroatoms. The molecule has 0 aromatic heterocycles. The lowest BCUT2D eigenvalue weighted by Gasteiger charge is -2.20. The molecule has 1 rings (SSSR count). The zero-order chi connectivity index (χ0) is 13.9. The van der Waals surface area contributed by atoms with E-state index in [1.54, 1.807) is 26.8 Å². The number of carbonyl (C=O) groups excluding carboxylic acids is 1. The Morgan fingerprint density at radius 1 is 1.17 bits per heavy atom. The zero-order valence-corrected chi connectivity index (χ0v) is 12.6. The smallest absolute Gasteiger partial charge is 0.325 e. The van der Waals surface area contributed by atoms with Crippen LogP contribution < -0.4 is 5.32 Å². The van der Waals surface area contributed by atoms with Crippen LogP contribution in [0.1, 0.15) is 20.8 Å². The molecule has 0 saturated carbocycles.